The van der Waals surface area contributed by atoms with Crippen LogP contribution in [0, 0.1) is 5.92 Å². The van der Waals surface area contributed by atoms with Crippen LogP contribution in [0.25, 0.3) is 0 Å². The average Bonchev–Trinajstić information content (AvgIpc) is 2.70. The molecule has 0 amide bonds. The van der Waals surface area contributed by atoms with Gasteiger partial charge in [0.1, 0.15) is 6.29 Å². The molecule has 2 nitrogen and oxygen atoms in total. The lowest BCUT2D eigenvalue weighted by Gasteiger charge is -2.23. The summed E-state index contributed by atoms with van der Waals surface area (Å²) in [6.45, 7) is 2.42. The van der Waals surface area contributed by atoms with Crippen LogP contribution in [0.3, 0.4) is 0 Å². The van der Waals surface area contributed by atoms with Gasteiger partial charge in [0.15, 0.2) is 0 Å². The molecule has 1 aliphatic heterocycles. The molecule has 13 heavy (non-hydrogen) atoms. The van der Waals surface area contributed by atoms with Gasteiger partial charge in [-0.2, -0.15) is 0 Å². The molecule has 2 heteroatoms. The zero-order valence-electron chi connectivity index (χ0n) is 8.24. The molecule has 1 aliphatic carbocycles. The van der Waals surface area contributed by atoms with Crippen LogP contribution in [0.1, 0.15) is 38.5 Å². The van der Waals surface area contributed by atoms with Crippen molar-refractivity contribution in [2.45, 2.75) is 44.6 Å². The van der Waals surface area contributed by atoms with E-state index in [1.807, 2.05) is 0 Å². The van der Waals surface area contributed by atoms with E-state index in [-0.39, 0.29) is 0 Å². The van der Waals surface area contributed by atoms with E-state index in [4.69, 9.17) is 0 Å². The Labute approximate surface area is 80.3 Å². The van der Waals surface area contributed by atoms with Gasteiger partial charge in [-0.25, -0.2) is 0 Å². The van der Waals surface area contributed by atoms with E-state index < -0.39 is 0 Å². The predicted molar refractivity (Wildman–Crippen MR) is 52.6 cm³/mol. The number of rotatable bonds is 3. The van der Waals surface area contributed by atoms with Crippen molar-refractivity contribution in [3.05, 3.63) is 0 Å². The van der Waals surface area contributed by atoms with Gasteiger partial charge in [-0.1, -0.05) is 12.8 Å². The van der Waals surface area contributed by atoms with Crippen LogP contribution >= 0.6 is 0 Å². The van der Waals surface area contributed by atoms with E-state index in [1.54, 1.807) is 0 Å². The van der Waals surface area contributed by atoms with Crippen LogP contribution in [0.4, 0.5) is 0 Å². The summed E-state index contributed by atoms with van der Waals surface area (Å²) < 4.78 is 0. The molecule has 1 saturated heterocycles. The van der Waals surface area contributed by atoms with Crippen molar-refractivity contribution >= 4 is 6.29 Å². The number of nitrogens with zero attached hydrogens (tertiary/aromatic N) is 1. The van der Waals surface area contributed by atoms with Gasteiger partial charge in [-0.3, -0.25) is 0 Å². The third-order valence-corrected chi connectivity index (χ3v) is 3.59. The first-order chi connectivity index (χ1) is 6.40. The first-order valence-corrected chi connectivity index (χ1v) is 5.58. The minimum Gasteiger partial charge on any atom is -0.303 e. The van der Waals surface area contributed by atoms with Gasteiger partial charge in [0, 0.05) is 19.0 Å². The van der Waals surface area contributed by atoms with Crippen LogP contribution in [-0.4, -0.2) is 30.3 Å². The van der Waals surface area contributed by atoms with Gasteiger partial charge in [0.05, 0.1) is 0 Å². The van der Waals surface area contributed by atoms with E-state index in [0.717, 1.165) is 18.7 Å². The fourth-order valence-corrected chi connectivity index (χ4v) is 2.79. The first kappa shape index (κ1) is 9.20. The lowest BCUT2D eigenvalue weighted by Crippen LogP contribution is -2.30. The normalized spacial score (nSPS) is 31.2. The van der Waals surface area contributed by atoms with Crippen LogP contribution in [0.5, 0.6) is 0 Å². The van der Waals surface area contributed by atoms with Crippen LogP contribution < -0.4 is 0 Å². The van der Waals surface area contributed by atoms with Crippen LogP contribution in [-0.2, 0) is 4.79 Å². The number of carbonyl (C=O) groups excluding carboxylic acids is 1. The molecule has 0 bridgehead atoms. The molecule has 0 radical (unpaired) electrons. The van der Waals surface area contributed by atoms with Crippen LogP contribution in [0.15, 0.2) is 0 Å². The summed E-state index contributed by atoms with van der Waals surface area (Å²) in [5.41, 5.74) is 0. The van der Waals surface area contributed by atoms with Gasteiger partial charge in [-0.05, 0) is 31.7 Å². The highest BCUT2D eigenvalue weighted by molar-refractivity contribution is 5.49. The van der Waals surface area contributed by atoms with E-state index in [2.05, 4.69) is 4.90 Å². The molecule has 0 N–H and O–H groups in total. The Morgan fingerprint density at radius 3 is 2.69 bits per heavy atom. The minimum absolute atomic E-state index is 0.665. The summed E-state index contributed by atoms with van der Waals surface area (Å²) in [4.78, 5) is 13.0. The Kier molecular flexibility index (Phi) is 2.99. The molecule has 0 aromatic carbocycles. The third-order valence-electron chi connectivity index (χ3n) is 3.59. The second-order valence-electron chi connectivity index (χ2n) is 4.49. The van der Waals surface area contributed by atoms with E-state index in [9.17, 15) is 4.79 Å². The lowest BCUT2D eigenvalue weighted by molar-refractivity contribution is -0.108. The number of carbonyl (C=O) groups is 1. The van der Waals surface area contributed by atoms with E-state index in [1.165, 1.54) is 45.2 Å². The molecule has 74 valence electrons. The molecule has 0 spiro atoms. The summed E-state index contributed by atoms with van der Waals surface area (Å²) >= 11 is 0. The lowest BCUT2D eigenvalue weighted by atomic mass is 10.1. The smallest absolute Gasteiger partial charge is 0.120 e. The summed E-state index contributed by atoms with van der Waals surface area (Å²) in [6.07, 6.45) is 8.74. The Morgan fingerprint density at radius 2 is 2.00 bits per heavy atom. The molecule has 2 fully saturated rings. The molecule has 0 aromatic heterocycles. The fourth-order valence-electron chi connectivity index (χ4n) is 2.79. The quantitative estimate of drug-likeness (QED) is 0.619. The monoisotopic (exact) mass is 181 g/mol. The van der Waals surface area contributed by atoms with Gasteiger partial charge >= 0.3 is 0 Å². The van der Waals surface area contributed by atoms with Gasteiger partial charge in [-0.15, -0.1) is 0 Å². The predicted octanol–water partition coefficient (Wildman–Crippen LogP) is 1.84. The third kappa shape index (κ3) is 2.11. The van der Waals surface area contributed by atoms with Crippen molar-refractivity contribution in [2.75, 3.05) is 13.1 Å². The maximum Gasteiger partial charge on any atom is 0.120 e. The number of aldehydes is 1. The van der Waals surface area contributed by atoms with Gasteiger partial charge < -0.3 is 9.69 Å². The standard InChI is InChI=1S/C11H19NO/c13-8-6-10-5-7-12(9-10)11-3-1-2-4-11/h8,10-11H,1-7,9H2. The van der Waals surface area contributed by atoms with E-state index >= 15 is 0 Å². The Morgan fingerprint density at radius 1 is 1.23 bits per heavy atom. The van der Waals surface area contributed by atoms with Crippen molar-refractivity contribution in [3.8, 4) is 0 Å². The maximum atomic E-state index is 10.4. The molecule has 2 aliphatic rings. The highest BCUT2D eigenvalue weighted by Crippen LogP contribution is 2.29. The summed E-state index contributed by atoms with van der Waals surface area (Å²) in [6, 6.07) is 0.858. The molecule has 1 saturated carbocycles. The minimum atomic E-state index is 0.665. The zero-order valence-corrected chi connectivity index (χ0v) is 8.24. The summed E-state index contributed by atoms with van der Waals surface area (Å²) in [5, 5.41) is 0. The largest absolute Gasteiger partial charge is 0.303 e. The summed E-state index contributed by atoms with van der Waals surface area (Å²) in [7, 11) is 0. The van der Waals surface area contributed by atoms with Crippen molar-refractivity contribution < 1.29 is 4.79 Å². The number of likely N-dealkylation sites (tertiary alicyclic amines) is 1. The highest BCUT2D eigenvalue weighted by atomic mass is 16.1. The molecule has 1 heterocycles. The zero-order chi connectivity index (χ0) is 9.10. The molecule has 1 unspecified atom stereocenters. The topological polar surface area (TPSA) is 20.3 Å². The van der Waals surface area contributed by atoms with E-state index in [0.29, 0.717) is 5.92 Å². The molecule has 2 rings (SSSR count). The summed E-state index contributed by atoms with van der Waals surface area (Å²) in [5.74, 6) is 0.665. The molecular weight excluding hydrogens is 162 g/mol. The second-order valence-corrected chi connectivity index (χ2v) is 4.49. The number of hydrogen-bond donors (Lipinski definition) is 0. The maximum absolute atomic E-state index is 10.4. The Balaban J connectivity index is 1.79. The molecule has 0 aromatic rings. The van der Waals surface area contributed by atoms with Crippen molar-refractivity contribution in [3.63, 3.8) is 0 Å². The van der Waals surface area contributed by atoms with Gasteiger partial charge in [0.25, 0.3) is 0 Å². The molecular formula is C11H19NO. The fraction of sp³-hybridized carbons (Fsp3) is 0.909. The van der Waals surface area contributed by atoms with Crippen molar-refractivity contribution in [1.29, 1.82) is 0 Å². The van der Waals surface area contributed by atoms with Crippen molar-refractivity contribution in [2.24, 2.45) is 5.92 Å². The number of hydrogen-bond acceptors (Lipinski definition) is 2. The SMILES string of the molecule is O=CCC1CCN(C2CCCC2)C1. The highest BCUT2D eigenvalue weighted by Gasteiger charge is 2.29. The van der Waals surface area contributed by atoms with Crippen LogP contribution in [0.2, 0.25) is 0 Å². The second kappa shape index (κ2) is 4.23. The van der Waals surface area contributed by atoms with Gasteiger partial charge in [0.2, 0.25) is 0 Å². The average molecular weight is 181 g/mol. The molecule has 1 atom stereocenters. The first-order valence-electron chi connectivity index (χ1n) is 5.58. The van der Waals surface area contributed by atoms with Crippen molar-refractivity contribution in [1.82, 2.24) is 4.90 Å². The Hall–Kier alpha value is -0.370. The Bertz CT molecular complexity index is 175.